The number of pyridine rings is 1. The van der Waals surface area contributed by atoms with Gasteiger partial charge in [0.1, 0.15) is 4.60 Å². The molecule has 0 bridgehead atoms. The molecule has 90 valence electrons. The van der Waals surface area contributed by atoms with E-state index < -0.39 is 10.0 Å². The Morgan fingerprint density at radius 1 is 1.56 bits per heavy atom. The summed E-state index contributed by atoms with van der Waals surface area (Å²) in [4.78, 5) is 4.00. The molecule has 1 N–H and O–H groups in total. The van der Waals surface area contributed by atoms with E-state index >= 15 is 0 Å². The first kappa shape index (κ1) is 13.4. The average Bonchev–Trinajstić information content (AvgIpc) is 2.20. The second-order valence-corrected chi connectivity index (χ2v) is 5.84. The van der Waals surface area contributed by atoms with E-state index in [2.05, 4.69) is 25.6 Å². The zero-order valence-electron chi connectivity index (χ0n) is 9.03. The quantitative estimate of drug-likeness (QED) is 0.838. The molecule has 0 radical (unpaired) electrons. The first-order valence-corrected chi connectivity index (χ1v) is 7.01. The van der Waals surface area contributed by atoms with Crippen LogP contribution in [0, 0.1) is 6.92 Å². The van der Waals surface area contributed by atoms with Crippen LogP contribution in [0.4, 0.5) is 5.69 Å². The fraction of sp³-hybridized carbons (Fsp3) is 0.444. The van der Waals surface area contributed by atoms with Crippen molar-refractivity contribution in [3.05, 3.63) is 22.4 Å². The molecule has 1 aromatic heterocycles. The summed E-state index contributed by atoms with van der Waals surface area (Å²) in [5.41, 5.74) is 1.32. The number of methoxy groups -OCH3 is 1. The lowest BCUT2D eigenvalue weighted by atomic mass is 10.3. The van der Waals surface area contributed by atoms with E-state index in [0.29, 0.717) is 10.3 Å². The van der Waals surface area contributed by atoms with Crippen LogP contribution in [0.2, 0.25) is 0 Å². The Morgan fingerprint density at radius 3 is 2.81 bits per heavy atom. The van der Waals surface area contributed by atoms with Crippen molar-refractivity contribution in [2.75, 3.05) is 24.2 Å². The zero-order valence-corrected chi connectivity index (χ0v) is 11.4. The molecular weight excluding hydrogens is 296 g/mol. The lowest BCUT2D eigenvalue weighted by molar-refractivity contribution is 0.217. The van der Waals surface area contributed by atoms with Gasteiger partial charge in [-0.3, -0.25) is 4.72 Å². The number of aryl methyl sites for hydroxylation is 1. The van der Waals surface area contributed by atoms with Crippen LogP contribution in [0.25, 0.3) is 0 Å². The van der Waals surface area contributed by atoms with Crippen LogP contribution in [-0.2, 0) is 14.8 Å². The summed E-state index contributed by atoms with van der Waals surface area (Å²) in [7, 11) is -1.90. The van der Waals surface area contributed by atoms with E-state index in [1.165, 1.54) is 13.3 Å². The van der Waals surface area contributed by atoms with Gasteiger partial charge in [0.05, 0.1) is 24.2 Å². The van der Waals surface area contributed by atoms with Gasteiger partial charge in [-0.05, 0) is 34.5 Å². The van der Waals surface area contributed by atoms with Gasteiger partial charge < -0.3 is 4.74 Å². The highest BCUT2D eigenvalue weighted by molar-refractivity contribution is 9.10. The standard InChI is InChI=1S/C9H13BrN2O3S/c1-7-5-8(6-11-9(7)10)12-16(13,14)4-3-15-2/h5-6,12H,3-4H2,1-2H3. The Bertz CT molecular complexity index is 462. The largest absolute Gasteiger partial charge is 0.384 e. The average molecular weight is 309 g/mol. The number of nitrogens with one attached hydrogen (secondary N) is 1. The summed E-state index contributed by atoms with van der Waals surface area (Å²) in [6.45, 7) is 2.00. The van der Waals surface area contributed by atoms with E-state index in [-0.39, 0.29) is 12.4 Å². The van der Waals surface area contributed by atoms with Crippen molar-refractivity contribution < 1.29 is 13.2 Å². The molecule has 0 spiro atoms. The number of halogens is 1. The van der Waals surface area contributed by atoms with E-state index in [0.717, 1.165) is 5.56 Å². The van der Waals surface area contributed by atoms with Crippen molar-refractivity contribution in [2.24, 2.45) is 0 Å². The number of nitrogens with zero attached hydrogens (tertiary/aromatic N) is 1. The maximum Gasteiger partial charge on any atom is 0.235 e. The van der Waals surface area contributed by atoms with Gasteiger partial charge in [0, 0.05) is 7.11 Å². The second kappa shape index (κ2) is 5.60. The van der Waals surface area contributed by atoms with Crippen molar-refractivity contribution in [1.29, 1.82) is 0 Å². The number of rotatable bonds is 5. The number of sulfonamides is 1. The van der Waals surface area contributed by atoms with Gasteiger partial charge in [0.25, 0.3) is 0 Å². The van der Waals surface area contributed by atoms with Crippen molar-refractivity contribution >= 4 is 31.6 Å². The number of hydrogen-bond donors (Lipinski definition) is 1. The Labute approximate surface area is 103 Å². The molecule has 1 heterocycles. The summed E-state index contributed by atoms with van der Waals surface area (Å²) in [6, 6.07) is 1.71. The molecule has 0 amide bonds. The molecule has 16 heavy (non-hydrogen) atoms. The van der Waals surface area contributed by atoms with Gasteiger partial charge in [0.15, 0.2) is 0 Å². The predicted molar refractivity (Wildman–Crippen MR) is 66.0 cm³/mol. The number of aromatic nitrogens is 1. The van der Waals surface area contributed by atoms with Gasteiger partial charge in [-0.2, -0.15) is 0 Å². The zero-order chi connectivity index (χ0) is 12.2. The fourth-order valence-corrected chi connectivity index (χ4v) is 2.21. The lowest BCUT2D eigenvalue weighted by Gasteiger charge is -2.08. The number of anilines is 1. The molecule has 0 saturated carbocycles. The van der Waals surface area contributed by atoms with Crippen molar-refractivity contribution in [1.82, 2.24) is 4.98 Å². The first-order valence-electron chi connectivity index (χ1n) is 4.56. The minimum absolute atomic E-state index is 0.0708. The SMILES string of the molecule is COCCS(=O)(=O)Nc1cnc(Br)c(C)c1. The minimum atomic E-state index is -3.36. The van der Waals surface area contributed by atoms with Gasteiger partial charge in [-0.15, -0.1) is 0 Å². The van der Waals surface area contributed by atoms with E-state index in [9.17, 15) is 8.42 Å². The third kappa shape index (κ3) is 4.07. The minimum Gasteiger partial charge on any atom is -0.384 e. The third-order valence-corrected chi connectivity index (χ3v) is 3.92. The van der Waals surface area contributed by atoms with E-state index in [4.69, 9.17) is 4.74 Å². The Morgan fingerprint density at radius 2 is 2.25 bits per heavy atom. The molecule has 5 nitrogen and oxygen atoms in total. The molecule has 0 saturated heterocycles. The molecule has 0 unspecified atom stereocenters. The smallest absolute Gasteiger partial charge is 0.235 e. The van der Waals surface area contributed by atoms with Crippen LogP contribution in [0.3, 0.4) is 0 Å². The van der Waals surface area contributed by atoms with Gasteiger partial charge in [-0.25, -0.2) is 13.4 Å². The highest BCUT2D eigenvalue weighted by Gasteiger charge is 2.10. The highest BCUT2D eigenvalue weighted by Crippen LogP contribution is 2.17. The van der Waals surface area contributed by atoms with Crippen LogP contribution in [0.5, 0.6) is 0 Å². The first-order chi connectivity index (χ1) is 7.44. The van der Waals surface area contributed by atoms with Crippen LogP contribution in [-0.4, -0.2) is 32.9 Å². The predicted octanol–water partition coefficient (Wildman–Crippen LogP) is 1.54. The van der Waals surface area contributed by atoms with Crippen molar-refractivity contribution in [3.8, 4) is 0 Å². The van der Waals surface area contributed by atoms with Crippen molar-refractivity contribution in [2.45, 2.75) is 6.92 Å². The van der Waals surface area contributed by atoms with Crippen LogP contribution in [0.1, 0.15) is 5.56 Å². The van der Waals surface area contributed by atoms with Crippen LogP contribution < -0.4 is 4.72 Å². The van der Waals surface area contributed by atoms with Gasteiger partial charge in [-0.1, -0.05) is 0 Å². The van der Waals surface area contributed by atoms with Gasteiger partial charge in [0.2, 0.25) is 10.0 Å². The molecule has 1 aromatic rings. The Kier molecular flexibility index (Phi) is 4.69. The summed E-state index contributed by atoms with van der Waals surface area (Å²) in [5.74, 6) is -0.0708. The lowest BCUT2D eigenvalue weighted by Crippen LogP contribution is -2.19. The number of hydrogen-bond acceptors (Lipinski definition) is 4. The monoisotopic (exact) mass is 308 g/mol. The van der Waals surface area contributed by atoms with Crippen LogP contribution >= 0.6 is 15.9 Å². The maximum absolute atomic E-state index is 11.5. The summed E-state index contributed by atoms with van der Waals surface area (Å²) >= 11 is 3.24. The molecule has 0 atom stereocenters. The molecule has 0 fully saturated rings. The van der Waals surface area contributed by atoms with E-state index in [1.54, 1.807) is 6.07 Å². The topological polar surface area (TPSA) is 68.3 Å². The Hall–Kier alpha value is -0.660. The molecule has 0 aliphatic heterocycles. The molecule has 1 rings (SSSR count). The molecule has 7 heteroatoms. The number of ether oxygens (including phenoxy) is 1. The molecule has 0 aromatic carbocycles. The highest BCUT2D eigenvalue weighted by atomic mass is 79.9. The maximum atomic E-state index is 11.5. The summed E-state index contributed by atoms with van der Waals surface area (Å²) < 4.78 is 30.9. The normalized spacial score (nSPS) is 11.4. The summed E-state index contributed by atoms with van der Waals surface area (Å²) in [6.07, 6.45) is 1.46. The van der Waals surface area contributed by atoms with E-state index in [1.807, 2.05) is 6.92 Å². The molecule has 0 aliphatic carbocycles. The molecular formula is C9H13BrN2O3S. The fourth-order valence-electron chi connectivity index (χ4n) is 1.04. The van der Waals surface area contributed by atoms with Crippen molar-refractivity contribution in [3.63, 3.8) is 0 Å². The molecule has 0 aliphatic rings. The summed E-state index contributed by atoms with van der Waals surface area (Å²) in [5, 5.41) is 0. The Balaban J connectivity index is 2.76. The van der Waals surface area contributed by atoms with Crippen LogP contribution in [0.15, 0.2) is 16.9 Å². The third-order valence-electron chi connectivity index (χ3n) is 1.84. The second-order valence-electron chi connectivity index (χ2n) is 3.25. The van der Waals surface area contributed by atoms with Gasteiger partial charge >= 0.3 is 0 Å².